The highest BCUT2D eigenvalue weighted by molar-refractivity contribution is 7.99. The standard InChI is InChI=1S/C13H14N6OS/c1-9(10-4-3-5-11(8-10)20-2)16-17-12-15-13(19-18-12)21-7-6-14/h3-5,8H,7H2,1-2H3,(H2,15,17,18,19)/b16-9+. The van der Waals surface area contributed by atoms with Crippen molar-refractivity contribution < 1.29 is 4.74 Å². The number of nitriles is 1. The first-order chi connectivity index (χ1) is 10.2. The van der Waals surface area contributed by atoms with Crippen LogP contribution in [0.1, 0.15) is 12.5 Å². The second kappa shape index (κ2) is 7.31. The van der Waals surface area contributed by atoms with Crippen LogP contribution in [0.25, 0.3) is 0 Å². The van der Waals surface area contributed by atoms with Crippen molar-refractivity contribution >= 4 is 23.4 Å². The third-order valence-electron chi connectivity index (χ3n) is 2.55. The molecule has 0 saturated carbocycles. The molecule has 1 heterocycles. The molecule has 0 atom stereocenters. The lowest BCUT2D eigenvalue weighted by molar-refractivity contribution is 0.414. The number of hydrogen-bond acceptors (Lipinski definition) is 7. The Labute approximate surface area is 126 Å². The molecule has 0 amide bonds. The number of ether oxygens (including phenoxy) is 1. The number of H-pyrrole nitrogens is 1. The highest BCUT2D eigenvalue weighted by Crippen LogP contribution is 2.15. The van der Waals surface area contributed by atoms with Crippen molar-refractivity contribution in [2.75, 3.05) is 18.3 Å². The molecule has 0 fully saturated rings. The number of benzene rings is 1. The van der Waals surface area contributed by atoms with E-state index in [2.05, 4.69) is 25.7 Å². The van der Waals surface area contributed by atoms with E-state index < -0.39 is 0 Å². The molecule has 0 bridgehead atoms. The van der Waals surface area contributed by atoms with Crippen LogP contribution >= 0.6 is 11.8 Å². The zero-order chi connectivity index (χ0) is 15.1. The number of anilines is 1. The number of aromatic nitrogens is 3. The average Bonchev–Trinajstić information content (AvgIpc) is 2.98. The van der Waals surface area contributed by atoms with Crippen LogP contribution in [0.2, 0.25) is 0 Å². The summed E-state index contributed by atoms with van der Waals surface area (Å²) in [5.74, 6) is 1.51. The van der Waals surface area contributed by atoms with Gasteiger partial charge in [0.05, 0.1) is 24.6 Å². The third-order valence-corrected chi connectivity index (χ3v) is 3.26. The lowest BCUT2D eigenvalue weighted by Crippen LogP contribution is -2.01. The summed E-state index contributed by atoms with van der Waals surface area (Å²) in [5.41, 5.74) is 4.53. The number of rotatable bonds is 6. The number of hydrogen-bond donors (Lipinski definition) is 2. The molecule has 8 heteroatoms. The van der Waals surface area contributed by atoms with Crippen LogP contribution in [0.4, 0.5) is 5.95 Å². The molecule has 0 aliphatic rings. The highest BCUT2D eigenvalue weighted by Gasteiger charge is 2.03. The van der Waals surface area contributed by atoms with E-state index in [0.29, 0.717) is 16.9 Å². The lowest BCUT2D eigenvalue weighted by atomic mass is 10.1. The van der Waals surface area contributed by atoms with Gasteiger partial charge in [-0.1, -0.05) is 23.9 Å². The molecule has 2 N–H and O–H groups in total. The van der Waals surface area contributed by atoms with Crippen molar-refractivity contribution in [3.05, 3.63) is 29.8 Å². The molecule has 0 spiro atoms. The van der Waals surface area contributed by atoms with Crippen LogP contribution in [0.5, 0.6) is 5.75 Å². The largest absolute Gasteiger partial charge is 0.497 e. The maximum atomic E-state index is 8.50. The van der Waals surface area contributed by atoms with Gasteiger partial charge in [-0.05, 0) is 19.1 Å². The number of nitrogens with one attached hydrogen (secondary N) is 2. The fraction of sp³-hybridized carbons (Fsp3) is 0.231. The van der Waals surface area contributed by atoms with Crippen molar-refractivity contribution in [2.45, 2.75) is 12.1 Å². The predicted octanol–water partition coefficient (Wildman–Crippen LogP) is 2.27. The molecular formula is C13H14N6OS. The van der Waals surface area contributed by atoms with E-state index in [4.69, 9.17) is 10.00 Å². The van der Waals surface area contributed by atoms with Gasteiger partial charge in [0, 0.05) is 5.56 Å². The number of thioether (sulfide) groups is 1. The SMILES string of the molecule is COc1cccc(/C(C)=N/Nc2nc(SCC#N)n[nH]2)c1. The smallest absolute Gasteiger partial charge is 0.240 e. The monoisotopic (exact) mass is 302 g/mol. The van der Waals surface area contributed by atoms with Gasteiger partial charge in [0.15, 0.2) is 0 Å². The summed E-state index contributed by atoms with van der Waals surface area (Å²) in [6.07, 6.45) is 0. The minimum absolute atomic E-state index is 0.309. The van der Waals surface area contributed by atoms with E-state index in [0.717, 1.165) is 17.0 Å². The van der Waals surface area contributed by atoms with Gasteiger partial charge in [-0.3, -0.25) is 0 Å². The fourth-order valence-electron chi connectivity index (χ4n) is 1.51. The zero-order valence-electron chi connectivity index (χ0n) is 11.6. The Morgan fingerprint density at radius 3 is 3.19 bits per heavy atom. The molecule has 21 heavy (non-hydrogen) atoms. The van der Waals surface area contributed by atoms with Crippen LogP contribution in [0, 0.1) is 11.3 Å². The van der Waals surface area contributed by atoms with E-state index in [9.17, 15) is 0 Å². The van der Waals surface area contributed by atoms with Crippen molar-refractivity contribution in [1.29, 1.82) is 5.26 Å². The van der Waals surface area contributed by atoms with E-state index in [1.54, 1.807) is 7.11 Å². The second-order valence-corrected chi connectivity index (χ2v) is 4.90. The first kappa shape index (κ1) is 14.9. The van der Waals surface area contributed by atoms with Crippen LogP contribution in [-0.4, -0.2) is 33.8 Å². The first-order valence-corrected chi connectivity index (χ1v) is 7.08. The van der Waals surface area contributed by atoms with Gasteiger partial charge in [0.25, 0.3) is 0 Å². The molecule has 108 valence electrons. The van der Waals surface area contributed by atoms with Gasteiger partial charge in [0.1, 0.15) is 5.75 Å². The van der Waals surface area contributed by atoms with Gasteiger partial charge in [-0.25, -0.2) is 10.5 Å². The van der Waals surface area contributed by atoms with Crippen molar-refractivity contribution in [3.8, 4) is 11.8 Å². The Morgan fingerprint density at radius 2 is 2.43 bits per heavy atom. The molecule has 0 unspecified atom stereocenters. The van der Waals surface area contributed by atoms with Crippen molar-refractivity contribution in [2.24, 2.45) is 5.10 Å². The summed E-state index contributed by atoms with van der Waals surface area (Å²) in [6.45, 7) is 1.88. The van der Waals surface area contributed by atoms with E-state index in [1.807, 2.05) is 37.3 Å². The minimum atomic E-state index is 0.309. The van der Waals surface area contributed by atoms with Gasteiger partial charge in [-0.15, -0.1) is 5.10 Å². The van der Waals surface area contributed by atoms with E-state index in [-0.39, 0.29) is 0 Å². The van der Waals surface area contributed by atoms with Gasteiger partial charge in [-0.2, -0.15) is 15.3 Å². The molecule has 0 saturated heterocycles. The normalized spacial score (nSPS) is 11.0. The maximum Gasteiger partial charge on any atom is 0.240 e. The molecule has 2 aromatic rings. The minimum Gasteiger partial charge on any atom is -0.497 e. The zero-order valence-corrected chi connectivity index (χ0v) is 12.4. The van der Waals surface area contributed by atoms with Gasteiger partial charge >= 0.3 is 0 Å². The molecule has 1 aromatic carbocycles. The number of hydrazone groups is 1. The number of methoxy groups -OCH3 is 1. The molecule has 1 aromatic heterocycles. The molecule has 7 nitrogen and oxygen atoms in total. The van der Waals surface area contributed by atoms with Crippen molar-refractivity contribution in [3.63, 3.8) is 0 Å². The molecule has 0 radical (unpaired) electrons. The summed E-state index contributed by atoms with van der Waals surface area (Å²) in [7, 11) is 1.62. The van der Waals surface area contributed by atoms with Crippen LogP contribution in [-0.2, 0) is 0 Å². The average molecular weight is 302 g/mol. The summed E-state index contributed by atoms with van der Waals surface area (Å²) >= 11 is 1.26. The van der Waals surface area contributed by atoms with Crippen LogP contribution in [0.3, 0.4) is 0 Å². The Morgan fingerprint density at radius 1 is 1.57 bits per heavy atom. The van der Waals surface area contributed by atoms with Crippen LogP contribution < -0.4 is 10.2 Å². The maximum absolute atomic E-state index is 8.50. The Kier molecular flexibility index (Phi) is 5.17. The highest BCUT2D eigenvalue weighted by atomic mass is 32.2. The predicted molar refractivity (Wildman–Crippen MR) is 81.5 cm³/mol. The topological polar surface area (TPSA) is 99.0 Å². The summed E-state index contributed by atoms with van der Waals surface area (Å²) < 4.78 is 5.18. The second-order valence-electron chi connectivity index (χ2n) is 3.95. The lowest BCUT2D eigenvalue weighted by Gasteiger charge is -2.04. The molecule has 0 aliphatic carbocycles. The van der Waals surface area contributed by atoms with Crippen LogP contribution in [0.15, 0.2) is 34.5 Å². The van der Waals surface area contributed by atoms with E-state index >= 15 is 0 Å². The summed E-state index contributed by atoms with van der Waals surface area (Å²) in [6, 6.07) is 9.63. The Bertz CT molecular complexity index is 675. The quantitative estimate of drug-likeness (QED) is 0.482. The fourth-order valence-corrected chi connectivity index (χ4v) is 1.97. The molecular weight excluding hydrogens is 288 g/mol. The molecule has 2 rings (SSSR count). The van der Waals surface area contributed by atoms with Crippen molar-refractivity contribution in [1.82, 2.24) is 15.2 Å². The first-order valence-electron chi connectivity index (χ1n) is 6.10. The third kappa shape index (κ3) is 4.22. The summed E-state index contributed by atoms with van der Waals surface area (Å²) in [4.78, 5) is 4.15. The summed E-state index contributed by atoms with van der Waals surface area (Å²) in [5, 5.41) is 19.9. The Balaban J connectivity index is 2.02. The molecule has 0 aliphatic heterocycles. The van der Waals surface area contributed by atoms with E-state index in [1.165, 1.54) is 11.8 Å². The Hall–Kier alpha value is -2.53. The van der Waals surface area contributed by atoms with Gasteiger partial charge in [0.2, 0.25) is 11.1 Å². The number of nitrogens with zero attached hydrogens (tertiary/aromatic N) is 4. The van der Waals surface area contributed by atoms with Gasteiger partial charge < -0.3 is 4.74 Å². The number of aromatic amines is 1.